The molecule has 2 nitrogen and oxygen atoms in total. The van der Waals surface area contributed by atoms with Gasteiger partial charge in [0, 0.05) is 37.6 Å². The Hall–Kier alpha value is -5.90. The summed E-state index contributed by atoms with van der Waals surface area (Å²) >= 11 is 1.90. The van der Waals surface area contributed by atoms with Gasteiger partial charge in [0.1, 0.15) is 0 Å². The van der Waals surface area contributed by atoms with Crippen LogP contribution in [-0.2, 0) is 0 Å². The summed E-state index contributed by atoms with van der Waals surface area (Å²) in [4.78, 5) is 0. The molecule has 0 saturated heterocycles. The van der Waals surface area contributed by atoms with E-state index in [1.807, 2.05) is 11.3 Å². The van der Waals surface area contributed by atoms with Crippen molar-refractivity contribution in [1.82, 2.24) is 9.13 Å². The zero-order chi connectivity index (χ0) is 30.9. The minimum atomic E-state index is 1.17. The molecule has 0 atom stereocenters. The molecule has 10 rings (SSSR count). The zero-order valence-corrected chi connectivity index (χ0v) is 26.3. The molecule has 3 heterocycles. The fourth-order valence-electron chi connectivity index (χ4n) is 7.39. The second-order valence-corrected chi connectivity index (χ2v) is 13.2. The van der Waals surface area contributed by atoms with E-state index in [4.69, 9.17) is 0 Å². The maximum atomic E-state index is 2.48. The number of rotatable bonds is 4. The molecule has 0 aliphatic rings. The molecule has 47 heavy (non-hydrogen) atoms. The molecular formula is C44H28N2S. The molecule has 10 aromatic rings. The molecule has 3 heteroatoms. The summed E-state index contributed by atoms with van der Waals surface area (Å²) in [6, 6.07) is 61.7. The molecule has 0 radical (unpaired) electrons. The lowest BCUT2D eigenvalue weighted by atomic mass is 10.1. The zero-order valence-electron chi connectivity index (χ0n) is 25.5. The normalized spacial score (nSPS) is 11.8. The van der Waals surface area contributed by atoms with Crippen molar-refractivity contribution in [1.29, 1.82) is 0 Å². The van der Waals surface area contributed by atoms with E-state index in [-0.39, 0.29) is 0 Å². The van der Waals surface area contributed by atoms with Crippen LogP contribution in [0.15, 0.2) is 170 Å². The van der Waals surface area contributed by atoms with Crippen molar-refractivity contribution < 1.29 is 0 Å². The quantitative estimate of drug-likeness (QED) is 0.186. The fourth-order valence-corrected chi connectivity index (χ4v) is 8.62. The van der Waals surface area contributed by atoms with Gasteiger partial charge in [-0.3, -0.25) is 0 Å². The van der Waals surface area contributed by atoms with E-state index >= 15 is 0 Å². The van der Waals surface area contributed by atoms with Gasteiger partial charge < -0.3 is 9.13 Å². The van der Waals surface area contributed by atoms with E-state index in [1.165, 1.54) is 86.6 Å². The molecule has 7 aromatic carbocycles. The van der Waals surface area contributed by atoms with Gasteiger partial charge in [-0.15, -0.1) is 11.3 Å². The third-order valence-electron chi connectivity index (χ3n) is 9.49. The maximum absolute atomic E-state index is 2.48. The van der Waals surface area contributed by atoms with Crippen molar-refractivity contribution in [2.75, 3.05) is 0 Å². The minimum Gasteiger partial charge on any atom is -0.309 e. The number of fused-ring (bicyclic) bond motifs is 8. The summed E-state index contributed by atoms with van der Waals surface area (Å²) in [5.41, 5.74) is 12.2. The molecule has 0 aliphatic heterocycles. The first-order valence-corrected chi connectivity index (χ1v) is 16.8. The van der Waals surface area contributed by atoms with Crippen molar-refractivity contribution in [3.63, 3.8) is 0 Å². The Morgan fingerprint density at radius 1 is 0.340 bits per heavy atom. The Bertz CT molecular complexity index is 2780. The smallest absolute Gasteiger partial charge is 0.0727 e. The van der Waals surface area contributed by atoms with Crippen molar-refractivity contribution in [2.24, 2.45) is 0 Å². The molecule has 0 spiro atoms. The topological polar surface area (TPSA) is 9.86 Å². The van der Waals surface area contributed by atoms with Gasteiger partial charge in [-0.05, 0) is 70.8 Å². The van der Waals surface area contributed by atoms with Crippen LogP contribution >= 0.6 is 11.3 Å². The van der Waals surface area contributed by atoms with Crippen LogP contribution in [0.2, 0.25) is 0 Å². The highest BCUT2D eigenvalue weighted by Gasteiger charge is 2.21. The van der Waals surface area contributed by atoms with Crippen LogP contribution in [-0.4, -0.2) is 9.13 Å². The highest BCUT2D eigenvalue weighted by Crippen LogP contribution is 2.45. The Labute approximate surface area is 276 Å². The van der Waals surface area contributed by atoms with Gasteiger partial charge in [-0.2, -0.15) is 0 Å². The second-order valence-electron chi connectivity index (χ2n) is 12.2. The van der Waals surface area contributed by atoms with E-state index in [2.05, 4.69) is 179 Å². The fraction of sp³-hybridized carbons (Fsp3) is 0. The Kier molecular flexibility index (Phi) is 5.78. The third-order valence-corrected chi connectivity index (χ3v) is 10.7. The number of hydrogen-bond acceptors (Lipinski definition) is 1. The van der Waals surface area contributed by atoms with Gasteiger partial charge in [-0.25, -0.2) is 0 Å². The summed E-state index contributed by atoms with van der Waals surface area (Å²) in [6.07, 6.45) is 0. The first kappa shape index (κ1) is 26.3. The second kappa shape index (κ2) is 10.3. The van der Waals surface area contributed by atoms with Crippen LogP contribution in [0.25, 0.3) is 86.6 Å². The number of aromatic nitrogens is 2. The van der Waals surface area contributed by atoms with E-state index < -0.39 is 0 Å². The molecule has 220 valence electrons. The molecule has 0 N–H and O–H groups in total. The summed E-state index contributed by atoms with van der Waals surface area (Å²) in [7, 11) is 0. The van der Waals surface area contributed by atoms with Crippen LogP contribution in [0.3, 0.4) is 0 Å². The predicted molar refractivity (Wildman–Crippen MR) is 201 cm³/mol. The Morgan fingerprint density at radius 2 is 0.872 bits per heavy atom. The standard InChI is InChI=1S/C44H28N2S/c1-3-13-29(14-4-1)31-17-11-19-33(25-31)45-39-23-9-7-21-35(39)37-27-38-42(28-41(37)45)47-44-36-22-8-10-24-40(36)46(43(38)44)34-20-12-18-32(26-34)30-15-5-2-6-16-30/h1-28H. The van der Waals surface area contributed by atoms with Gasteiger partial charge in [0.25, 0.3) is 0 Å². The van der Waals surface area contributed by atoms with Gasteiger partial charge in [0.15, 0.2) is 0 Å². The SMILES string of the molecule is c1ccc(-c2cccc(-n3c4ccccc4c4cc5c(cc43)sc3c4ccccc4n(-c4cccc(-c6ccccc6)c4)c53)c2)cc1. The number of hydrogen-bond donors (Lipinski definition) is 0. The van der Waals surface area contributed by atoms with Crippen LogP contribution < -0.4 is 0 Å². The maximum Gasteiger partial charge on any atom is 0.0727 e. The van der Waals surface area contributed by atoms with E-state index in [1.54, 1.807) is 0 Å². The largest absolute Gasteiger partial charge is 0.309 e. The van der Waals surface area contributed by atoms with Crippen LogP contribution in [0.4, 0.5) is 0 Å². The molecule has 0 unspecified atom stereocenters. The van der Waals surface area contributed by atoms with E-state index in [0.717, 1.165) is 0 Å². The first-order chi connectivity index (χ1) is 23.3. The van der Waals surface area contributed by atoms with E-state index in [9.17, 15) is 0 Å². The minimum absolute atomic E-state index is 1.17. The summed E-state index contributed by atoms with van der Waals surface area (Å²) in [5.74, 6) is 0. The number of thiophene rings is 1. The van der Waals surface area contributed by atoms with Crippen molar-refractivity contribution in [2.45, 2.75) is 0 Å². The first-order valence-electron chi connectivity index (χ1n) is 16.0. The Morgan fingerprint density at radius 3 is 1.53 bits per heavy atom. The lowest BCUT2D eigenvalue weighted by Crippen LogP contribution is -1.95. The lowest BCUT2D eigenvalue weighted by Gasteiger charge is -2.11. The van der Waals surface area contributed by atoms with E-state index in [0.29, 0.717) is 0 Å². The van der Waals surface area contributed by atoms with Crippen LogP contribution in [0, 0.1) is 0 Å². The van der Waals surface area contributed by atoms with Crippen molar-refractivity contribution in [3.05, 3.63) is 170 Å². The predicted octanol–water partition coefficient (Wildman–Crippen LogP) is 12.4. The van der Waals surface area contributed by atoms with Gasteiger partial charge in [0.05, 0.1) is 26.8 Å². The highest BCUT2D eigenvalue weighted by atomic mass is 32.1. The monoisotopic (exact) mass is 616 g/mol. The molecule has 0 aliphatic carbocycles. The van der Waals surface area contributed by atoms with Gasteiger partial charge in [0.2, 0.25) is 0 Å². The molecule has 0 amide bonds. The van der Waals surface area contributed by atoms with Crippen molar-refractivity contribution >= 4 is 64.3 Å². The average molecular weight is 617 g/mol. The summed E-state index contributed by atoms with van der Waals surface area (Å²) in [5, 5.41) is 5.12. The van der Waals surface area contributed by atoms with Crippen LogP contribution in [0.1, 0.15) is 0 Å². The highest BCUT2D eigenvalue weighted by molar-refractivity contribution is 7.26. The van der Waals surface area contributed by atoms with Gasteiger partial charge in [-0.1, -0.05) is 121 Å². The number of nitrogens with zero attached hydrogens (tertiary/aromatic N) is 2. The lowest BCUT2D eigenvalue weighted by molar-refractivity contribution is 1.18. The average Bonchev–Trinajstić information content (AvgIpc) is 3.78. The molecule has 0 fully saturated rings. The summed E-state index contributed by atoms with van der Waals surface area (Å²) in [6.45, 7) is 0. The molecule has 0 bridgehead atoms. The number of para-hydroxylation sites is 2. The molecule has 3 aromatic heterocycles. The van der Waals surface area contributed by atoms with Gasteiger partial charge >= 0.3 is 0 Å². The Balaban J connectivity index is 1.26. The van der Waals surface area contributed by atoms with Crippen LogP contribution in [0.5, 0.6) is 0 Å². The van der Waals surface area contributed by atoms with Crippen molar-refractivity contribution in [3.8, 4) is 33.6 Å². The summed E-state index contributed by atoms with van der Waals surface area (Å²) < 4.78 is 7.54. The molecular weight excluding hydrogens is 589 g/mol. The third kappa shape index (κ3) is 4.04. The molecule has 0 saturated carbocycles. The number of benzene rings is 7.